The molecule has 2 aromatic carbocycles. The van der Waals surface area contributed by atoms with Gasteiger partial charge in [0, 0.05) is 34.8 Å². The fourth-order valence-corrected chi connectivity index (χ4v) is 3.70. The monoisotopic (exact) mass is 378 g/mol. The number of amides is 1. The van der Waals surface area contributed by atoms with Crippen LogP contribution < -0.4 is 0 Å². The summed E-state index contributed by atoms with van der Waals surface area (Å²) in [5, 5.41) is 0.913. The van der Waals surface area contributed by atoms with Gasteiger partial charge in [0.1, 0.15) is 10.8 Å². The molecule has 1 aliphatic rings. The molecule has 3 aromatic rings. The molecule has 0 bridgehead atoms. The lowest BCUT2D eigenvalue weighted by Crippen LogP contribution is -2.32. The third-order valence-electron chi connectivity index (χ3n) is 4.51. The fraction of sp³-hybridized carbons (Fsp3) is 0.182. The Morgan fingerprint density at radius 3 is 2.44 bits per heavy atom. The summed E-state index contributed by atoms with van der Waals surface area (Å²) in [7, 11) is 0. The molecular formula is C22H19FN2OS. The van der Waals surface area contributed by atoms with Crippen molar-refractivity contribution in [3.8, 4) is 0 Å². The van der Waals surface area contributed by atoms with Crippen molar-refractivity contribution in [1.29, 1.82) is 0 Å². The van der Waals surface area contributed by atoms with Crippen LogP contribution in [0.25, 0.3) is 0 Å². The van der Waals surface area contributed by atoms with Crippen molar-refractivity contribution < 1.29 is 9.18 Å². The molecule has 1 amide bonds. The van der Waals surface area contributed by atoms with Crippen LogP contribution in [-0.2, 0) is 6.54 Å². The number of aromatic nitrogens is 1. The summed E-state index contributed by atoms with van der Waals surface area (Å²) in [5.74, 6) is -0.312. The highest BCUT2D eigenvalue weighted by Gasteiger charge is 2.33. The second kappa shape index (κ2) is 7.92. The lowest BCUT2D eigenvalue weighted by molar-refractivity contribution is 0.0728. The van der Waals surface area contributed by atoms with E-state index < -0.39 is 0 Å². The van der Waals surface area contributed by atoms with Crippen molar-refractivity contribution in [3.05, 3.63) is 89.9 Å². The van der Waals surface area contributed by atoms with Crippen LogP contribution in [0.1, 0.15) is 28.8 Å². The van der Waals surface area contributed by atoms with Gasteiger partial charge in [-0.25, -0.2) is 9.37 Å². The topological polar surface area (TPSA) is 33.2 Å². The van der Waals surface area contributed by atoms with E-state index in [9.17, 15) is 9.18 Å². The van der Waals surface area contributed by atoms with E-state index in [4.69, 9.17) is 0 Å². The fourth-order valence-electron chi connectivity index (χ4n) is 2.92. The summed E-state index contributed by atoms with van der Waals surface area (Å²) < 4.78 is 14.0. The van der Waals surface area contributed by atoms with Crippen molar-refractivity contribution in [2.75, 3.05) is 0 Å². The molecule has 0 radical (unpaired) electrons. The predicted octanol–water partition coefficient (Wildman–Crippen LogP) is 5.18. The Balaban J connectivity index is 1.49. The largest absolute Gasteiger partial charge is 0.331 e. The van der Waals surface area contributed by atoms with Crippen LogP contribution in [0.4, 0.5) is 4.39 Å². The molecule has 1 aliphatic carbocycles. The zero-order valence-electron chi connectivity index (χ0n) is 14.7. The van der Waals surface area contributed by atoms with Crippen molar-refractivity contribution in [2.24, 2.45) is 0 Å². The first-order valence-corrected chi connectivity index (χ1v) is 9.76. The van der Waals surface area contributed by atoms with Gasteiger partial charge in [0.2, 0.25) is 0 Å². The second-order valence-electron chi connectivity index (χ2n) is 6.55. The number of benzene rings is 2. The molecule has 1 aromatic heterocycles. The second-order valence-corrected chi connectivity index (χ2v) is 7.64. The van der Waals surface area contributed by atoms with Crippen molar-refractivity contribution >= 4 is 17.7 Å². The van der Waals surface area contributed by atoms with Crippen LogP contribution in [0.5, 0.6) is 0 Å². The molecule has 0 atom stereocenters. The number of rotatable bonds is 6. The Morgan fingerprint density at radius 2 is 1.78 bits per heavy atom. The molecule has 0 N–H and O–H groups in total. The van der Waals surface area contributed by atoms with Crippen molar-refractivity contribution in [3.63, 3.8) is 0 Å². The van der Waals surface area contributed by atoms with E-state index in [2.05, 4.69) is 4.98 Å². The summed E-state index contributed by atoms with van der Waals surface area (Å²) >= 11 is 1.55. The highest BCUT2D eigenvalue weighted by Crippen LogP contribution is 2.31. The minimum absolute atomic E-state index is 0.0462. The first-order valence-electron chi connectivity index (χ1n) is 8.94. The summed E-state index contributed by atoms with van der Waals surface area (Å²) in [4.78, 5) is 20.1. The third-order valence-corrected chi connectivity index (χ3v) is 5.47. The summed E-state index contributed by atoms with van der Waals surface area (Å²) in [6, 6.07) is 20.2. The Kier molecular flexibility index (Phi) is 5.21. The molecule has 1 fully saturated rings. The van der Waals surface area contributed by atoms with E-state index in [0.29, 0.717) is 17.7 Å². The van der Waals surface area contributed by atoms with Crippen molar-refractivity contribution in [2.45, 2.75) is 35.3 Å². The molecule has 4 rings (SSSR count). The lowest BCUT2D eigenvalue weighted by Gasteiger charge is -2.23. The molecule has 0 saturated heterocycles. The predicted molar refractivity (Wildman–Crippen MR) is 104 cm³/mol. The van der Waals surface area contributed by atoms with Crippen LogP contribution in [0.2, 0.25) is 0 Å². The number of hydrogen-bond acceptors (Lipinski definition) is 3. The van der Waals surface area contributed by atoms with E-state index in [0.717, 1.165) is 22.8 Å². The molecule has 5 heteroatoms. The van der Waals surface area contributed by atoms with Gasteiger partial charge in [-0.3, -0.25) is 4.79 Å². The van der Waals surface area contributed by atoms with Gasteiger partial charge in [0.25, 0.3) is 5.91 Å². The van der Waals surface area contributed by atoms with E-state index in [1.54, 1.807) is 41.1 Å². The smallest absolute Gasteiger partial charge is 0.254 e. The number of halogens is 1. The van der Waals surface area contributed by atoms with Crippen LogP contribution in [0, 0.1) is 5.82 Å². The molecule has 27 heavy (non-hydrogen) atoms. The quantitative estimate of drug-likeness (QED) is 0.593. The number of pyridine rings is 1. The van der Waals surface area contributed by atoms with Gasteiger partial charge in [-0.1, -0.05) is 36.0 Å². The van der Waals surface area contributed by atoms with E-state index >= 15 is 0 Å². The van der Waals surface area contributed by atoms with Gasteiger partial charge in [-0.2, -0.15) is 0 Å². The van der Waals surface area contributed by atoms with Gasteiger partial charge in [0.05, 0.1) is 0 Å². The maximum absolute atomic E-state index is 14.0. The molecule has 0 aliphatic heterocycles. The van der Waals surface area contributed by atoms with Crippen LogP contribution in [0.15, 0.2) is 82.8 Å². The SMILES string of the molecule is O=C(c1ccc(Sc2ccccn2)cc1)N(Cc1ccccc1F)C1CC1. The average molecular weight is 378 g/mol. The van der Waals surface area contributed by atoms with E-state index in [-0.39, 0.29) is 17.8 Å². The van der Waals surface area contributed by atoms with Gasteiger partial charge in [0.15, 0.2) is 0 Å². The van der Waals surface area contributed by atoms with Crippen LogP contribution in [-0.4, -0.2) is 21.8 Å². The number of carbonyl (C=O) groups excluding carboxylic acids is 1. The zero-order chi connectivity index (χ0) is 18.6. The number of hydrogen-bond donors (Lipinski definition) is 0. The molecule has 1 heterocycles. The molecule has 3 nitrogen and oxygen atoms in total. The summed E-state index contributed by atoms with van der Waals surface area (Å²) in [6.45, 7) is 0.306. The van der Waals surface area contributed by atoms with E-state index in [1.165, 1.54) is 6.07 Å². The molecule has 136 valence electrons. The number of nitrogens with zero attached hydrogens (tertiary/aromatic N) is 2. The first-order chi connectivity index (χ1) is 13.2. The van der Waals surface area contributed by atoms with Crippen LogP contribution >= 0.6 is 11.8 Å². The maximum atomic E-state index is 14.0. The third kappa shape index (κ3) is 4.37. The zero-order valence-corrected chi connectivity index (χ0v) is 15.5. The minimum Gasteiger partial charge on any atom is -0.331 e. The average Bonchev–Trinajstić information content (AvgIpc) is 3.53. The minimum atomic E-state index is -0.266. The number of carbonyl (C=O) groups is 1. The normalized spacial score (nSPS) is 13.4. The van der Waals surface area contributed by atoms with Crippen molar-refractivity contribution in [1.82, 2.24) is 9.88 Å². The van der Waals surface area contributed by atoms with E-state index in [1.807, 2.05) is 42.5 Å². The van der Waals surface area contributed by atoms with Gasteiger partial charge >= 0.3 is 0 Å². The first kappa shape index (κ1) is 17.7. The molecular weight excluding hydrogens is 359 g/mol. The highest BCUT2D eigenvalue weighted by molar-refractivity contribution is 7.99. The van der Waals surface area contributed by atoms with Gasteiger partial charge in [-0.05, 0) is 55.3 Å². The Labute approximate surface area is 162 Å². The highest BCUT2D eigenvalue weighted by atomic mass is 32.2. The molecule has 0 spiro atoms. The lowest BCUT2D eigenvalue weighted by atomic mass is 10.1. The van der Waals surface area contributed by atoms with Gasteiger partial charge in [-0.15, -0.1) is 0 Å². The Morgan fingerprint density at radius 1 is 1.04 bits per heavy atom. The Hall–Kier alpha value is -2.66. The molecule has 0 unspecified atom stereocenters. The summed E-state index contributed by atoms with van der Waals surface area (Å²) in [6.07, 6.45) is 3.72. The molecule has 1 saturated carbocycles. The maximum Gasteiger partial charge on any atom is 0.254 e. The van der Waals surface area contributed by atoms with Gasteiger partial charge < -0.3 is 4.90 Å². The standard InChI is InChI=1S/C22H19FN2OS/c23-20-6-2-1-5-17(20)15-25(18-10-11-18)22(26)16-8-12-19(13-9-16)27-21-7-3-4-14-24-21/h1-9,12-14,18H,10-11,15H2. The van der Waals surface area contributed by atoms with Crippen LogP contribution in [0.3, 0.4) is 0 Å². The summed E-state index contributed by atoms with van der Waals surface area (Å²) in [5.41, 5.74) is 1.18. The Bertz CT molecular complexity index is 927.